The average molecular weight is 573 g/mol. The zero-order valence-electron chi connectivity index (χ0n) is 24.2. The maximum atomic E-state index is 2.46. The Morgan fingerprint density at radius 2 is 1.05 bits per heavy atom. The van der Waals surface area contributed by atoms with Crippen LogP contribution < -0.4 is 15.3 Å². The Balaban J connectivity index is 1.28. The van der Waals surface area contributed by atoms with Gasteiger partial charge in [0.1, 0.15) is 0 Å². The highest BCUT2D eigenvalue weighted by molar-refractivity contribution is 8.26. The number of allylic oxidation sites excluding steroid dienone is 4. The van der Waals surface area contributed by atoms with Crippen molar-refractivity contribution in [1.29, 1.82) is 0 Å². The van der Waals surface area contributed by atoms with E-state index in [9.17, 15) is 0 Å². The number of fused-ring (bicyclic) bond motifs is 2. The van der Waals surface area contributed by atoms with E-state index in [1.54, 1.807) is 0 Å². The Morgan fingerprint density at radius 3 is 1.56 bits per heavy atom. The second-order valence-corrected chi connectivity index (χ2v) is 11.9. The summed E-state index contributed by atoms with van der Waals surface area (Å²) in [5, 5.41) is 0. The first-order chi connectivity index (χ1) is 21.3. The lowest BCUT2D eigenvalue weighted by Gasteiger charge is -2.33. The van der Waals surface area contributed by atoms with Gasteiger partial charge in [-0.2, -0.15) is 0 Å². The van der Waals surface area contributed by atoms with Crippen molar-refractivity contribution in [3.63, 3.8) is 0 Å². The van der Waals surface area contributed by atoms with Gasteiger partial charge in [-0.05, 0) is 90.3 Å². The standard InChI is InChI=1S/C39H33BN2S/c1-43-40-38-26-24-36(41(32-14-6-2-7-15-32)33-16-8-3-9-17-33)28-30(38)22-23-31-29-37(25-27-39(31)40)42(34-18-10-4-11-19-34)35-20-12-5-13-21-35/h2-30,38H,1H3. The van der Waals surface area contributed by atoms with E-state index in [1.807, 2.05) is 11.6 Å². The summed E-state index contributed by atoms with van der Waals surface area (Å²) in [6.07, 6.45) is 14.2. The van der Waals surface area contributed by atoms with E-state index < -0.39 is 0 Å². The molecule has 208 valence electrons. The van der Waals surface area contributed by atoms with Gasteiger partial charge < -0.3 is 9.80 Å². The van der Waals surface area contributed by atoms with E-state index >= 15 is 0 Å². The minimum Gasteiger partial charge on any atom is -0.311 e. The minimum atomic E-state index is 0.280. The summed E-state index contributed by atoms with van der Waals surface area (Å²) in [7, 11) is 0. The van der Waals surface area contributed by atoms with Crippen molar-refractivity contribution >= 4 is 57.6 Å². The fourth-order valence-electron chi connectivity index (χ4n) is 6.35. The van der Waals surface area contributed by atoms with Crippen LogP contribution in [0.3, 0.4) is 0 Å². The lowest BCUT2D eigenvalue weighted by Crippen LogP contribution is -2.36. The van der Waals surface area contributed by atoms with Gasteiger partial charge in [0.25, 0.3) is 0 Å². The Hall–Kier alpha value is -4.67. The average Bonchev–Trinajstić information content (AvgIpc) is 3.23. The molecule has 0 saturated carbocycles. The van der Waals surface area contributed by atoms with Crippen molar-refractivity contribution in [2.24, 2.45) is 5.92 Å². The molecule has 2 unspecified atom stereocenters. The van der Waals surface area contributed by atoms with Crippen LogP contribution in [0.15, 0.2) is 170 Å². The van der Waals surface area contributed by atoms with Gasteiger partial charge in [0.15, 0.2) is 0 Å². The van der Waals surface area contributed by atoms with Gasteiger partial charge in [-0.15, -0.1) is 0 Å². The molecule has 4 heteroatoms. The molecule has 0 spiro atoms. The molecule has 7 rings (SSSR count). The zero-order chi connectivity index (χ0) is 29.0. The monoisotopic (exact) mass is 572 g/mol. The molecular formula is C39H33BN2S. The summed E-state index contributed by atoms with van der Waals surface area (Å²) in [4.78, 5) is 4.71. The quantitative estimate of drug-likeness (QED) is 0.179. The Kier molecular flexibility index (Phi) is 7.77. The molecule has 0 bridgehead atoms. The SMILES string of the molecule is CSB1c2ccc(N(c3ccccc3)c3ccccc3)cc2C=CC2C=C(N(c3ccccc3)c3ccccc3)C=CC12. The summed E-state index contributed by atoms with van der Waals surface area (Å²) in [5.41, 5.74) is 9.68. The Labute approximate surface area is 259 Å². The van der Waals surface area contributed by atoms with Gasteiger partial charge in [-0.1, -0.05) is 109 Å². The van der Waals surface area contributed by atoms with Crippen LogP contribution >= 0.6 is 11.6 Å². The molecular weight excluding hydrogens is 539 g/mol. The van der Waals surface area contributed by atoms with Crippen LogP contribution in [0.4, 0.5) is 28.4 Å². The molecule has 0 aromatic heterocycles. The largest absolute Gasteiger partial charge is 0.311 e. The van der Waals surface area contributed by atoms with Crippen molar-refractivity contribution in [3.8, 4) is 0 Å². The molecule has 2 aliphatic rings. The minimum absolute atomic E-state index is 0.280. The lowest BCUT2D eigenvalue weighted by molar-refractivity contribution is 0.802. The highest BCUT2D eigenvalue weighted by Crippen LogP contribution is 2.42. The van der Waals surface area contributed by atoms with Gasteiger partial charge >= 0.3 is 0 Å². The van der Waals surface area contributed by atoms with Crippen molar-refractivity contribution in [2.45, 2.75) is 5.82 Å². The molecule has 0 saturated heterocycles. The summed E-state index contributed by atoms with van der Waals surface area (Å²) >= 11 is 1.95. The molecule has 0 fully saturated rings. The number of hydrogen-bond acceptors (Lipinski definition) is 3. The first-order valence-corrected chi connectivity index (χ1v) is 16.1. The molecule has 5 aromatic rings. The van der Waals surface area contributed by atoms with E-state index in [4.69, 9.17) is 0 Å². The highest BCUT2D eigenvalue weighted by Gasteiger charge is 2.35. The summed E-state index contributed by atoms with van der Waals surface area (Å²) < 4.78 is 0. The molecule has 1 aliphatic carbocycles. The first kappa shape index (κ1) is 27.2. The van der Waals surface area contributed by atoms with E-state index in [-0.39, 0.29) is 5.92 Å². The van der Waals surface area contributed by atoms with Crippen molar-refractivity contribution < 1.29 is 0 Å². The molecule has 5 aromatic carbocycles. The third-order valence-electron chi connectivity index (χ3n) is 8.35. The maximum Gasteiger partial charge on any atom is 0.250 e. The normalized spacial score (nSPS) is 17.0. The molecule has 2 nitrogen and oxygen atoms in total. The topological polar surface area (TPSA) is 6.48 Å². The number of hydrogen-bond donors (Lipinski definition) is 0. The predicted molar refractivity (Wildman–Crippen MR) is 189 cm³/mol. The first-order valence-electron chi connectivity index (χ1n) is 14.9. The van der Waals surface area contributed by atoms with Crippen LogP contribution in [0, 0.1) is 5.92 Å². The maximum absolute atomic E-state index is 2.46. The molecule has 0 N–H and O–H groups in total. The van der Waals surface area contributed by atoms with E-state index in [1.165, 1.54) is 16.7 Å². The summed E-state index contributed by atoms with van der Waals surface area (Å²) in [5.74, 6) is 0.999. The van der Waals surface area contributed by atoms with Crippen molar-refractivity contribution in [1.82, 2.24) is 0 Å². The second kappa shape index (κ2) is 12.3. The Bertz CT molecular complexity index is 1690. The van der Waals surface area contributed by atoms with Crippen molar-refractivity contribution in [2.75, 3.05) is 16.1 Å². The van der Waals surface area contributed by atoms with E-state index in [0.717, 1.165) is 28.4 Å². The number of anilines is 5. The molecule has 1 aliphatic heterocycles. The number of rotatable bonds is 7. The molecule has 2 atom stereocenters. The Morgan fingerprint density at radius 1 is 0.535 bits per heavy atom. The number of nitrogens with zero attached hydrogens (tertiary/aromatic N) is 2. The van der Waals surface area contributed by atoms with E-state index in [0.29, 0.717) is 11.8 Å². The van der Waals surface area contributed by atoms with Gasteiger partial charge in [0.05, 0.1) is 0 Å². The van der Waals surface area contributed by atoms with Crippen LogP contribution in [0.25, 0.3) is 6.08 Å². The third kappa shape index (κ3) is 5.47. The van der Waals surface area contributed by atoms with Gasteiger partial charge in [0, 0.05) is 34.1 Å². The van der Waals surface area contributed by atoms with Crippen molar-refractivity contribution in [3.05, 3.63) is 175 Å². The van der Waals surface area contributed by atoms with Crippen LogP contribution in [0.5, 0.6) is 0 Å². The molecule has 0 amide bonds. The van der Waals surface area contributed by atoms with Crippen LogP contribution in [0.1, 0.15) is 5.56 Å². The molecule has 0 radical (unpaired) electrons. The second-order valence-electron chi connectivity index (χ2n) is 10.9. The van der Waals surface area contributed by atoms with E-state index in [2.05, 4.69) is 186 Å². The smallest absolute Gasteiger partial charge is 0.250 e. The summed E-state index contributed by atoms with van der Waals surface area (Å²) in [6, 6.07) is 49.6. The van der Waals surface area contributed by atoms with Crippen LogP contribution in [-0.2, 0) is 0 Å². The fraction of sp³-hybridized carbons (Fsp3) is 0.0769. The number of benzene rings is 5. The highest BCUT2D eigenvalue weighted by atomic mass is 32.2. The zero-order valence-corrected chi connectivity index (χ0v) is 25.0. The molecule has 43 heavy (non-hydrogen) atoms. The summed E-state index contributed by atoms with van der Waals surface area (Å²) in [6.45, 7) is 0. The van der Waals surface area contributed by atoms with Crippen LogP contribution in [-0.4, -0.2) is 12.2 Å². The third-order valence-corrected chi connectivity index (χ3v) is 9.43. The molecule has 1 heterocycles. The number of para-hydroxylation sites is 4. The van der Waals surface area contributed by atoms with Gasteiger partial charge in [-0.3, -0.25) is 0 Å². The van der Waals surface area contributed by atoms with Gasteiger partial charge in [-0.25, -0.2) is 11.6 Å². The fourth-order valence-corrected chi connectivity index (χ4v) is 7.41. The lowest BCUT2D eigenvalue weighted by atomic mass is 9.52. The predicted octanol–water partition coefficient (Wildman–Crippen LogP) is 10.0. The van der Waals surface area contributed by atoms with Crippen LogP contribution in [0.2, 0.25) is 5.82 Å². The van der Waals surface area contributed by atoms with Gasteiger partial charge in [0.2, 0.25) is 5.99 Å².